The van der Waals surface area contributed by atoms with Crippen LogP contribution in [0.2, 0.25) is 0 Å². The van der Waals surface area contributed by atoms with E-state index in [2.05, 4.69) is 13.8 Å². The average Bonchev–Trinajstić information content (AvgIpc) is 3.11. The van der Waals surface area contributed by atoms with Crippen molar-refractivity contribution in [3.63, 3.8) is 0 Å². The number of hydrogen-bond acceptors (Lipinski definition) is 7. The van der Waals surface area contributed by atoms with Gasteiger partial charge in [-0.2, -0.15) is 0 Å². The number of carbonyl (C=O) groups excluding carboxylic acids is 4. The van der Waals surface area contributed by atoms with E-state index in [4.69, 9.17) is 9.47 Å². The Bertz CT molecular complexity index is 1010. The van der Waals surface area contributed by atoms with E-state index in [1.54, 1.807) is 19.1 Å². The zero-order valence-electron chi connectivity index (χ0n) is 22.2. The largest absolute Gasteiger partial charge is 0.457 e. The Labute approximate surface area is 213 Å². The lowest BCUT2D eigenvalue weighted by Gasteiger charge is -2.61. The van der Waals surface area contributed by atoms with Gasteiger partial charge in [0.25, 0.3) is 0 Å². The van der Waals surface area contributed by atoms with Crippen molar-refractivity contribution in [3.8, 4) is 0 Å². The van der Waals surface area contributed by atoms with Crippen molar-refractivity contribution in [3.05, 3.63) is 23.8 Å². The van der Waals surface area contributed by atoms with E-state index < -0.39 is 46.9 Å². The number of fused-ring (bicyclic) bond motifs is 5. The van der Waals surface area contributed by atoms with Gasteiger partial charge in [0, 0.05) is 29.6 Å². The van der Waals surface area contributed by atoms with Crippen LogP contribution in [0.15, 0.2) is 23.8 Å². The molecule has 0 radical (unpaired) electrons. The molecule has 3 fully saturated rings. The van der Waals surface area contributed by atoms with Crippen molar-refractivity contribution < 1.29 is 33.8 Å². The molecule has 4 aliphatic carbocycles. The summed E-state index contributed by atoms with van der Waals surface area (Å²) in [6.07, 6.45) is 7.64. The van der Waals surface area contributed by atoms with E-state index in [1.807, 2.05) is 19.9 Å². The monoisotopic (exact) mass is 500 g/mol. The summed E-state index contributed by atoms with van der Waals surface area (Å²) < 4.78 is 11.3. The van der Waals surface area contributed by atoms with Crippen molar-refractivity contribution in [2.75, 3.05) is 6.61 Å². The maximum absolute atomic E-state index is 13.8. The fourth-order valence-corrected chi connectivity index (χ4v) is 8.23. The second-order valence-corrected chi connectivity index (χ2v) is 11.8. The highest BCUT2D eigenvalue weighted by Crippen LogP contribution is 2.68. The minimum absolute atomic E-state index is 0.0162. The fourth-order valence-electron chi connectivity index (χ4n) is 8.23. The van der Waals surface area contributed by atoms with Crippen LogP contribution < -0.4 is 0 Å². The second-order valence-electron chi connectivity index (χ2n) is 11.8. The highest BCUT2D eigenvalue weighted by molar-refractivity contribution is 6.01. The first-order valence-corrected chi connectivity index (χ1v) is 13.5. The van der Waals surface area contributed by atoms with Gasteiger partial charge in [0.15, 0.2) is 18.0 Å². The van der Waals surface area contributed by atoms with Gasteiger partial charge >= 0.3 is 11.9 Å². The molecule has 3 saturated carbocycles. The predicted molar refractivity (Wildman–Crippen MR) is 133 cm³/mol. The van der Waals surface area contributed by atoms with Crippen molar-refractivity contribution in [2.24, 2.45) is 34.5 Å². The van der Waals surface area contributed by atoms with Crippen LogP contribution >= 0.6 is 0 Å². The number of esters is 2. The Balaban J connectivity index is 1.71. The molecule has 0 spiro atoms. The van der Waals surface area contributed by atoms with Crippen LogP contribution in [0.3, 0.4) is 0 Å². The number of ether oxygens (including phenoxy) is 2. The summed E-state index contributed by atoms with van der Waals surface area (Å²) in [5.74, 6) is -1.15. The number of rotatable bonds is 7. The first kappa shape index (κ1) is 26.8. The van der Waals surface area contributed by atoms with Crippen LogP contribution in [0.1, 0.15) is 79.6 Å². The van der Waals surface area contributed by atoms with Crippen molar-refractivity contribution >= 4 is 23.5 Å². The molecular weight excluding hydrogens is 460 g/mol. The van der Waals surface area contributed by atoms with E-state index >= 15 is 0 Å². The third kappa shape index (κ3) is 3.98. The second kappa shape index (κ2) is 9.55. The molecule has 0 aromatic heterocycles. The molecule has 0 saturated heterocycles. The molecule has 7 heteroatoms. The predicted octanol–water partition coefficient (Wildman–Crippen LogP) is 4.12. The van der Waals surface area contributed by atoms with Crippen LogP contribution in [0.25, 0.3) is 0 Å². The van der Waals surface area contributed by atoms with Crippen LogP contribution in [0.5, 0.6) is 0 Å². The van der Waals surface area contributed by atoms with Gasteiger partial charge in [-0.15, -0.1) is 0 Å². The lowest BCUT2D eigenvalue weighted by Crippen LogP contribution is -2.63. The molecule has 198 valence electrons. The summed E-state index contributed by atoms with van der Waals surface area (Å²) in [5.41, 5.74) is -1.61. The highest BCUT2D eigenvalue weighted by atomic mass is 16.6. The minimum atomic E-state index is -1.44. The number of hydrogen-bond donors (Lipinski definition) is 1. The number of carbonyl (C=O) groups is 4. The molecule has 0 amide bonds. The summed E-state index contributed by atoms with van der Waals surface area (Å²) in [6.45, 7) is 9.32. The van der Waals surface area contributed by atoms with Crippen LogP contribution in [0, 0.1) is 34.5 Å². The Kier molecular flexibility index (Phi) is 7.10. The highest BCUT2D eigenvalue weighted by Gasteiger charge is 2.70. The third-order valence-electron chi connectivity index (χ3n) is 9.78. The van der Waals surface area contributed by atoms with Gasteiger partial charge < -0.3 is 14.6 Å². The molecule has 0 aliphatic heterocycles. The van der Waals surface area contributed by atoms with E-state index in [0.717, 1.165) is 12.0 Å². The average molecular weight is 501 g/mol. The smallest absolute Gasteiger partial charge is 0.306 e. The molecule has 7 nitrogen and oxygen atoms in total. The third-order valence-corrected chi connectivity index (χ3v) is 9.78. The van der Waals surface area contributed by atoms with Crippen LogP contribution in [0.4, 0.5) is 0 Å². The van der Waals surface area contributed by atoms with Gasteiger partial charge in [0.1, 0.15) is 0 Å². The summed E-state index contributed by atoms with van der Waals surface area (Å²) >= 11 is 0. The number of aliphatic hydroxyl groups excluding tert-OH is 1. The lowest BCUT2D eigenvalue weighted by molar-refractivity contribution is -0.201. The maximum Gasteiger partial charge on any atom is 0.306 e. The molecule has 4 aliphatic rings. The quantitative estimate of drug-likeness (QED) is 0.524. The summed E-state index contributed by atoms with van der Waals surface area (Å²) in [4.78, 5) is 50.6. The Morgan fingerprint density at radius 2 is 1.89 bits per heavy atom. The van der Waals surface area contributed by atoms with E-state index in [1.165, 1.54) is 0 Å². The number of allylic oxidation sites excluding steroid dienone is 4. The molecule has 8 atom stereocenters. The fraction of sp³-hybridized carbons (Fsp3) is 0.724. The van der Waals surface area contributed by atoms with Gasteiger partial charge in [-0.05, 0) is 62.0 Å². The van der Waals surface area contributed by atoms with Crippen molar-refractivity contribution in [1.29, 1.82) is 0 Å². The normalized spacial score (nSPS) is 41.0. The molecule has 1 N–H and O–H groups in total. The van der Waals surface area contributed by atoms with E-state index in [9.17, 15) is 24.3 Å². The first-order valence-electron chi connectivity index (χ1n) is 13.5. The molecule has 0 aromatic rings. The summed E-state index contributed by atoms with van der Waals surface area (Å²) in [7, 11) is 0. The van der Waals surface area contributed by atoms with Gasteiger partial charge in [0.05, 0.1) is 6.10 Å². The molecule has 0 heterocycles. The standard InChI is InChI=1S/C29H40O7/c1-6-8-25(34)35-16-23(32)29(36-24(33)7-2)12-10-20-19-13-17(3)21-14-18(30)9-11-27(21,4)26(19)22(31)15-28(20,29)5/h9,11,14,17,19-20,22,26,31H,6-8,10,12-13,15-16H2,1-5H3/t17-,19-,20-,22-,26+,27-,28-,29-/m0/s1. The maximum atomic E-state index is 13.8. The molecule has 36 heavy (non-hydrogen) atoms. The van der Waals surface area contributed by atoms with Crippen molar-refractivity contribution in [2.45, 2.75) is 91.3 Å². The Hall–Kier alpha value is -2.28. The van der Waals surface area contributed by atoms with Crippen LogP contribution in [-0.2, 0) is 28.7 Å². The zero-order valence-corrected chi connectivity index (χ0v) is 22.2. The van der Waals surface area contributed by atoms with Gasteiger partial charge in [0.2, 0.25) is 5.78 Å². The molecule has 0 bridgehead atoms. The van der Waals surface area contributed by atoms with Gasteiger partial charge in [-0.25, -0.2) is 0 Å². The number of Topliss-reactive ketones (excluding diaryl/α,β-unsaturated/α-hetero) is 1. The van der Waals surface area contributed by atoms with Gasteiger partial charge in [-0.3, -0.25) is 19.2 Å². The summed E-state index contributed by atoms with van der Waals surface area (Å²) in [5, 5.41) is 11.7. The first-order chi connectivity index (χ1) is 16.9. The SMILES string of the molecule is CCCC(=O)OCC(=O)[C@@]1(OC(=O)CC)CC[C@H]2[C@@H]3C[C@H](C)C4=CC(=O)C=C[C@]4(C)[C@H]3[C@@H](O)C[C@@]21C. The molecule has 4 rings (SSSR count). The van der Waals surface area contributed by atoms with Crippen molar-refractivity contribution in [1.82, 2.24) is 0 Å². The molecule has 0 unspecified atom stereocenters. The van der Waals surface area contributed by atoms with Gasteiger partial charge in [-0.1, -0.05) is 46.3 Å². The summed E-state index contributed by atoms with van der Waals surface area (Å²) in [6, 6.07) is 0. The Morgan fingerprint density at radius 1 is 1.17 bits per heavy atom. The zero-order chi connectivity index (χ0) is 26.5. The lowest BCUT2D eigenvalue weighted by atomic mass is 9.44. The number of aliphatic hydroxyl groups is 1. The van der Waals surface area contributed by atoms with E-state index in [-0.39, 0.29) is 42.3 Å². The Morgan fingerprint density at radius 3 is 2.56 bits per heavy atom. The van der Waals surface area contributed by atoms with E-state index in [0.29, 0.717) is 25.7 Å². The minimum Gasteiger partial charge on any atom is -0.457 e. The van der Waals surface area contributed by atoms with Crippen LogP contribution in [-0.4, -0.2) is 46.9 Å². The molecule has 0 aromatic carbocycles. The topological polar surface area (TPSA) is 107 Å². The molecular formula is C29H40O7. The number of ketones is 2.